The van der Waals surface area contributed by atoms with Gasteiger partial charge in [0.2, 0.25) is 0 Å². The minimum Gasteiger partial charge on any atom is -0.486 e. The van der Waals surface area contributed by atoms with Crippen LogP contribution >= 0.6 is 15.9 Å². The Kier molecular flexibility index (Phi) is 4.38. The van der Waals surface area contributed by atoms with Crippen molar-refractivity contribution in [1.29, 1.82) is 0 Å². The van der Waals surface area contributed by atoms with E-state index in [-0.39, 0.29) is 5.91 Å². The summed E-state index contributed by atoms with van der Waals surface area (Å²) in [5.41, 5.74) is 3.02. The first kappa shape index (κ1) is 16.7. The number of hydrogen-bond donors (Lipinski definition) is 1. The summed E-state index contributed by atoms with van der Waals surface area (Å²) in [6.45, 7) is 2.95. The SMILES string of the molecule is Cc1ccn(-c2ccc(C(=O)Nc3cc4c(cc3Br)OCCO4)cc2)n1. The highest BCUT2D eigenvalue weighted by atomic mass is 79.9. The quantitative estimate of drug-likeness (QED) is 0.705. The molecule has 1 amide bonds. The van der Waals surface area contributed by atoms with Crippen molar-refractivity contribution in [2.45, 2.75) is 6.92 Å². The molecule has 0 atom stereocenters. The van der Waals surface area contributed by atoms with Crippen molar-refractivity contribution in [2.75, 3.05) is 18.5 Å². The molecule has 26 heavy (non-hydrogen) atoms. The lowest BCUT2D eigenvalue weighted by molar-refractivity contribution is 0.102. The molecule has 1 aliphatic heterocycles. The van der Waals surface area contributed by atoms with Crippen LogP contribution in [0.2, 0.25) is 0 Å². The van der Waals surface area contributed by atoms with Crippen molar-refractivity contribution in [1.82, 2.24) is 9.78 Å². The summed E-state index contributed by atoms with van der Waals surface area (Å²) in [5, 5.41) is 7.26. The maximum Gasteiger partial charge on any atom is 0.255 e. The predicted octanol–water partition coefficient (Wildman–Crippen LogP) is 3.97. The van der Waals surface area contributed by atoms with Crippen LogP contribution < -0.4 is 14.8 Å². The molecule has 0 spiro atoms. The summed E-state index contributed by atoms with van der Waals surface area (Å²) in [5.74, 6) is 1.09. The van der Waals surface area contributed by atoms with Crippen molar-refractivity contribution in [3.63, 3.8) is 0 Å². The van der Waals surface area contributed by atoms with Crippen LogP contribution in [0, 0.1) is 6.92 Å². The topological polar surface area (TPSA) is 65.4 Å². The van der Waals surface area contributed by atoms with E-state index in [1.54, 1.807) is 28.9 Å². The summed E-state index contributed by atoms with van der Waals surface area (Å²) in [6.07, 6.45) is 1.89. The van der Waals surface area contributed by atoms with Gasteiger partial charge in [0, 0.05) is 28.4 Å². The number of aromatic nitrogens is 2. The average Bonchev–Trinajstić information content (AvgIpc) is 3.09. The molecule has 7 heteroatoms. The van der Waals surface area contributed by atoms with Crippen molar-refractivity contribution in [2.24, 2.45) is 0 Å². The Bertz CT molecular complexity index is 967. The fourth-order valence-corrected chi connectivity index (χ4v) is 3.10. The molecule has 0 radical (unpaired) electrons. The molecule has 1 aromatic heterocycles. The maximum atomic E-state index is 12.6. The van der Waals surface area contributed by atoms with Crippen LogP contribution in [0.15, 0.2) is 53.1 Å². The van der Waals surface area contributed by atoms with Crippen LogP contribution in [-0.4, -0.2) is 28.9 Å². The van der Waals surface area contributed by atoms with E-state index in [1.807, 2.05) is 31.3 Å². The van der Waals surface area contributed by atoms with Crippen LogP contribution in [0.5, 0.6) is 11.5 Å². The van der Waals surface area contributed by atoms with Crippen LogP contribution in [-0.2, 0) is 0 Å². The van der Waals surface area contributed by atoms with E-state index in [0.717, 1.165) is 15.9 Å². The summed E-state index contributed by atoms with van der Waals surface area (Å²) in [4.78, 5) is 12.6. The Labute approximate surface area is 158 Å². The Morgan fingerprint density at radius 1 is 1.12 bits per heavy atom. The standard InChI is InChI=1S/C19H16BrN3O3/c1-12-6-7-23(22-12)14-4-2-13(3-5-14)19(24)21-16-11-18-17(10-15(16)20)25-8-9-26-18/h2-7,10-11H,8-9H2,1H3,(H,21,24). The third kappa shape index (κ3) is 3.30. The zero-order valence-electron chi connectivity index (χ0n) is 14.0. The zero-order chi connectivity index (χ0) is 18.1. The summed E-state index contributed by atoms with van der Waals surface area (Å²) < 4.78 is 13.6. The average molecular weight is 414 g/mol. The number of nitrogens with zero attached hydrogens (tertiary/aromatic N) is 2. The second kappa shape index (κ2) is 6.84. The first-order valence-corrected chi connectivity index (χ1v) is 8.93. The van der Waals surface area contributed by atoms with E-state index in [4.69, 9.17) is 9.47 Å². The number of anilines is 1. The van der Waals surface area contributed by atoms with Gasteiger partial charge in [0.1, 0.15) is 13.2 Å². The van der Waals surface area contributed by atoms with Crippen molar-refractivity contribution < 1.29 is 14.3 Å². The molecule has 1 aliphatic rings. The first-order chi connectivity index (χ1) is 12.6. The highest BCUT2D eigenvalue weighted by Gasteiger charge is 2.16. The summed E-state index contributed by atoms with van der Waals surface area (Å²) in [6, 6.07) is 12.8. The number of hydrogen-bond acceptors (Lipinski definition) is 4. The Morgan fingerprint density at radius 3 is 2.46 bits per heavy atom. The smallest absolute Gasteiger partial charge is 0.255 e. The second-order valence-corrected chi connectivity index (χ2v) is 6.73. The summed E-state index contributed by atoms with van der Waals surface area (Å²) >= 11 is 3.46. The van der Waals surface area contributed by atoms with Crippen LogP contribution in [0.25, 0.3) is 5.69 Å². The first-order valence-electron chi connectivity index (χ1n) is 8.13. The van der Waals surface area contributed by atoms with Crippen molar-refractivity contribution >= 4 is 27.5 Å². The number of carbonyl (C=O) groups excluding carboxylic acids is 1. The molecule has 2 aromatic carbocycles. The number of benzene rings is 2. The molecule has 3 aromatic rings. The van der Waals surface area contributed by atoms with E-state index < -0.39 is 0 Å². The van der Waals surface area contributed by atoms with Gasteiger partial charge in [-0.25, -0.2) is 4.68 Å². The third-order valence-electron chi connectivity index (χ3n) is 4.00. The monoisotopic (exact) mass is 413 g/mol. The van der Waals surface area contributed by atoms with Gasteiger partial charge >= 0.3 is 0 Å². The molecule has 6 nitrogen and oxygen atoms in total. The summed E-state index contributed by atoms with van der Waals surface area (Å²) in [7, 11) is 0. The maximum absolute atomic E-state index is 12.6. The Morgan fingerprint density at radius 2 is 1.81 bits per heavy atom. The van der Waals surface area contributed by atoms with E-state index in [9.17, 15) is 4.79 Å². The Balaban J connectivity index is 1.53. The molecule has 0 unspecified atom stereocenters. The highest BCUT2D eigenvalue weighted by molar-refractivity contribution is 9.10. The van der Waals surface area contributed by atoms with Crippen LogP contribution in [0.3, 0.4) is 0 Å². The number of halogens is 1. The number of carbonyl (C=O) groups is 1. The molecular formula is C19H16BrN3O3. The van der Waals surface area contributed by atoms with Gasteiger partial charge in [-0.05, 0) is 53.2 Å². The number of aryl methyl sites for hydroxylation is 1. The largest absolute Gasteiger partial charge is 0.486 e. The third-order valence-corrected chi connectivity index (χ3v) is 4.65. The number of nitrogens with one attached hydrogen (secondary N) is 1. The fourth-order valence-electron chi connectivity index (χ4n) is 2.68. The van der Waals surface area contributed by atoms with E-state index in [1.165, 1.54) is 0 Å². The lowest BCUT2D eigenvalue weighted by atomic mass is 10.2. The molecular weight excluding hydrogens is 398 g/mol. The number of amides is 1. The fraction of sp³-hybridized carbons (Fsp3) is 0.158. The van der Waals surface area contributed by atoms with Gasteiger partial charge in [-0.2, -0.15) is 5.10 Å². The lowest BCUT2D eigenvalue weighted by Crippen LogP contribution is -2.17. The van der Waals surface area contributed by atoms with Gasteiger partial charge in [0.05, 0.1) is 17.1 Å². The van der Waals surface area contributed by atoms with E-state index >= 15 is 0 Å². The van der Waals surface area contributed by atoms with Crippen LogP contribution in [0.4, 0.5) is 5.69 Å². The molecule has 2 heterocycles. The van der Waals surface area contributed by atoms with Gasteiger partial charge in [-0.3, -0.25) is 4.79 Å². The molecule has 1 N–H and O–H groups in total. The second-order valence-electron chi connectivity index (χ2n) is 5.88. The minimum absolute atomic E-state index is 0.203. The zero-order valence-corrected chi connectivity index (χ0v) is 15.6. The number of ether oxygens (including phenoxy) is 2. The minimum atomic E-state index is -0.203. The van der Waals surface area contributed by atoms with Gasteiger partial charge in [0.25, 0.3) is 5.91 Å². The molecule has 0 bridgehead atoms. The van der Waals surface area contributed by atoms with Crippen LogP contribution in [0.1, 0.15) is 16.1 Å². The molecule has 0 saturated heterocycles. The van der Waals surface area contributed by atoms with Gasteiger partial charge in [-0.1, -0.05) is 0 Å². The van der Waals surface area contributed by atoms with Crippen molar-refractivity contribution in [3.8, 4) is 17.2 Å². The van der Waals surface area contributed by atoms with Gasteiger partial charge in [-0.15, -0.1) is 0 Å². The van der Waals surface area contributed by atoms with Gasteiger partial charge in [0.15, 0.2) is 11.5 Å². The molecule has 0 fully saturated rings. The number of rotatable bonds is 3. The molecule has 0 saturated carbocycles. The van der Waals surface area contributed by atoms with E-state index in [2.05, 4.69) is 26.3 Å². The predicted molar refractivity (Wildman–Crippen MR) is 101 cm³/mol. The van der Waals surface area contributed by atoms with Crippen molar-refractivity contribution in [3.05, 3.63) is 64.4 Å². The lowest BCUT2D eigenvalue weighted by Gasteiger charge is -2.20. The molecule has 4 rings (SSSR count). The normalized spacial score (nSPS) is 12.7. The molecule has 0 aliphatic carbocycles. The van der Waals surface area contributed by atoms with Gasteiger partial charge < -0.3 is 14.8 Å². The highest BCUT2D eigenvalue weighted by Crippen LogP contribution is 2.38. The Hall–Kier alpha value is -2.80. The number of fused-ring (bicyclic) bond motifs is 1. The molecule has 132 valence electrons. The van der Waals surface area contributed by atoms with E-state index in [0.29, 0.717) is 36.0 Å².